The van der Waals surface area contributed by atoms with Crippen LogP contribution < -0.4 is 5.32 Å². The third-order valence-electron chi connectivity index (χ3n) is 2.51. The molecule has 0 bridgehead atoms. The second kappa shape index (κ2) is 5.25. The van der Waals surface area contributed by atoms with Gasteiger partial charge in [0.25, 0.3) is 5.91 Å². The molecule has 17 heavy (non-hydrogen) atoms. The first-order valence-corrected chi connectivity index (χ1v) is 5.54. The van der Waals surface area contributed by atoms with E-state index in [4.69, 9.17) is 0 Å². The lowest BCUT2D eigenvalue weighted by Crippen LogP contribution is -2.27. The van der Waals surface area contributed by atoms with Crippen molar-refractivity contribution in [3.63, 3.8) is 0 Å². The molecule has 2 rings (SSSR count). The van der Waals surface area contributed by atoms with Crippen molar-refractivity contribution in [2.75, 3.05) is 0 Å². The molecule has 86 valence electrons. The number of hydrogen-bond acceptors (Lipinski definition) is 2. The Morgan fingerprint density at radius 3 is 2.47 bits per heavy atom. The van der Waals surface area contributed by atoms with E-state index in [1.54, 1.807) is 18.3 Å². The fraction of sp³-hybridized carbons (Fsp3) is 0.143. The van der Waals surface area contributed by atoms with E-state index in [1.807, 2.05) is 43.3 Å². The van der Waals surface area contributed by atoms with Crippen molar-refractivity contribution in [1.29, 1.82) is 0 Å². The van der Waals surface area contributed by atoms with Crippen LogP contribution in [0.25, 0.3) is 0 Å². The van der Waals surface area contributed by atoms with Crippen LogP contribution in [0.2, 0.25) is 0 Å². The molecule has 3 heteroatoms. The van der Waals surface area contributed by atoms with Crippen LogP contribution in [0.5, 0.6) is 0 Å². The third-order valence-corrected chi connectivity index (χ3v) is 2.51. The molecule has 0 fully saturated rings. The van der Waals surface area contributed by atoms with E-state index < -0.39 is 0 Å². The zero-order chi connectivity index (χ0) is 12.1. The Morgan fingerprint density at radius 1 is 1.12 bits per heavy atom. The third kappa shape index (κ3) is 2.91. The van der Waals surface area contributed by atoms with Crippen molar-refractivity contribution < 1.29 is 4.79 Å². The summed E-state index contributed by atoms with van der Waals surface area (Å²) in [6.45, 7) is 1.92. The molecule has 0 unspecified atom stereocenters. The summed E-state index contributed by atoms with van der Waals surface area (Å²) in [5, 5.41) is 2.91. The Labute approximate surface area is 101 Å². The molecule has 3 nitrogen and oxygen atoms in total. The highest BCUT2D eigenvalue weighted by Crippen LogP contribution is 2.09. The average molecular weight is 226 g/mol. The number of nitrogens with zero attached hydrogens (tertiary/aromatic N) is 1. The lowest BCUT2D eigenvalue weighted by Gasteiger charge is -2.13. The minimum absolute atomic E-state index is 0.0799. The maximum absolute atomic E-state index is 11.9. The highest BCUT2D eigenvalue weighted by Gasteiger charge is 2.11. The van der Waals surface area contributed by atoms with Gasteiger partial charge in [0.15, 0.2) is 0 Å². The molecule has 0 aliphatic heterocycles. The second-order valence-corrected chi connectivity index (χ2v) is 3.82. The molecule has 0 spiro atoms. The van der Waals surface area contributed by atoms with Crippen LogP contribution in [0, 0.1) is 0 Å². The smallest absolute Gasteiger partial charge is 0.251 e. The van der Waals surface area contributed by atoms with Crippen molar-refractivity contribution >= 4 is 5.91 Å². The summed E-state index contributed by atoms with van der Waals surface area (Å²) in [7, 11) is 0. The van der Waals surface area contributed by atoms with Gasteiger partial charge in [-0.1, -0.05) is 24.3 Å². The largest absolute Gasteiger partial charge is 0.344 e. The van der Waals surface area contributed by atoms with E-state index in [-0.39, 0.29) is 11.9 Å². The Hall–Kier alpha value is -2.16. The van der Waals surface area contributed by atoms with Gasteiger partial charge < -0.3 is 5.32 Å². The van der Waals surface area contributed by atoms with Gasteiger partial charge in [-0.05, 0) is 31.2 Å². The van der Waals surface area contributed by atoms with Crippen molar-refractivity contribution in [3.05, 3.63) is 66.0 Å². The van der Waals surface area contributed by atoms with Crippen LogP contribution >= 0.6 is 0 Å². The van der Waals surface area contributed by atoms with Gasteiger partial charge in [0.1, 0.15) is 0 Å². The Bertz CT molecular complexity index is 482. The van der Waals surface area contributed by atoms with Gasteiger partial charge in [0.2, 0.25) is 0 Å². The number of hydrogen-bond donors (Lipinski definition) is 1. The van der Waals surface area contributed by atoms with Crippen LogP contribution in [-0.4, -0.2) is 10.9 Å². The summed E-state index contributed by atoms with van der Waals surface area (Å²) in [5.41, 5.74) is 1.52. The summed E-state index contributed by atoms with van der Waals surface area (Å²) in [5.74, 6) is -0.0799. The van der Waals surface area contributed by atoms with Crippen molar-refractivity contribution in [1.82, 2.24) is 10.3 Å². The summed E-state index contributed by atoms with van der Waals surface area (Å²) in [4.78, 5) is 16.1. The molecule has 1 heterocycles. The Kier molecular flexibility index (Phi) is 3.50. The lowest BCUT2D eigenvalue weighted by atomic mass is 10.1. The van der Waals surface area contributed by atoms with E-state index in [0.717, 1.165) is 5.69 Å². The molecule has 1 amide bonds. The van der Waals surface area contributed by atoms with Crippen LogP contribution in [0.4, 0.5) is 0 Å². The zero-order valence-electron chi connectivity index (χ0n) is 9.63. The van der Waals surface area contributed by atoms with Gasteiger partial charge in [0, 0.05) is 11.8 Å². The minimum Gasteiger partial charge on any atom is -0.344 e. The average Bonchev–Trinajstić information content (AvgIpc) is 2.40. The fourth-order valence-electron chi connectivity index (χ4n) is 1.58. The zero-order valence-corrected chi connectivity index (χ0v) is 9.63. The van der Waals surface area contributed by atoms with Gasteiger partial charge in [-0.3, -0.25) is 9.78 Å². The monoisotopic (exact) mass is 226 g/mol. The SMILES string of the molecule is C[C@@H](NC(=O)c1ccccc1)c1ccccn1. The number of amides is 1. The van der Waals surface area contributed by atoms with E-state index in [9.17, 15) is 4.79 Å². The molecule has 0 saturated heterocycles. The predicted molar refractivity (Wildman–Crippen MR) is 66.6 cm³/mol. The molecular weight excluding hydrogens is 212 g/mol. The molecule has 1 atom stereocenters. The molecular formula is C14H14N2O. The first-order valence-electron chi connectivity index (χ1n) is 5.54. The Balaban J connectivity index is 2.05. The highest BCUT2D eigenvalue weighted by molar-refractivity contribution is 5.94. The van der Waals surface area contributed by atoms with Gasteiger partial charge in [-0.25, -0.2) is 0 Å². The Morgan fingerprint density at radius 2 is 1.82 bits per heavy atom. The first kappa shape index (κ1) is 11.3. The lowest BCUT2D eigenvalue weighted by molar-refractivity contribution is 0.0939. The molecule has 1 N–H and O–H groups in total. The topological polar surface area (TPSA) is 42.0 Å². The molecule has 0 aliphatic rings. The molecule has 0 radical (unpaired) electrons. The number of carbonyl (C=O) groups is 1. The van der Waals surface area contributed by atoms with Crippen molar-refractivity contribution in [2.45, 2.75) is 13.0 Å². The summed E-state index contributed by atoms with van der Waals surface area (Å²) < 4.78 is 0. The predicted octanol–water partition coefficient (Wildman–Crippen LogP) is 2.57. The number of rotatable bonds is 3. The summed E-state index contributed by atoms with van der Waals surface area (Å²) in [6.07, 6.45) is 1.72. The quantitative estimate of drug-likeness (QED) is 0.874. The number of pyridine rings is 1. The van der Waals surface area contributed by atoms with E-state index in [1.165, 1.54) is 0 Å². The summed E-state index contributed by atoms with van der Waals surface area (Å²) in [6, 6.07) is 14.7. The van der Waals surface area contributed by atoms with Crippen LogP contribution in [0.1, 0.15) is 29.0 Å². The normalized spacial score (nSPS) is 11.8. The van der Waals surface area contributed by atoms with E-state index >= 15 is 0 Å². The summed E-state index contributed by atoms with van der Waals surface area (Å²) >= 11 is 0. The molecule has 1 aromatic carbocycles. The van der Waals surface area contributed by atoms with Crippen molar-refractivity contribution in [3.8, 4) is 0 Å². The standard InChI is InChI=1S/C14H14N2O/c1-11(13-9-5-6-10-15-13)16-14(17)12-7-3-2-4-8-12/h2-11H,1H3,(H,16,17)/t11-/m1/s1. The van der Waals surface area contributed by atoms with Gasteiger partial charge >= 0.3 is 0 Å². The van der Waals surface area contributed by atoms with Crippen molar-refractivity contribution in [2.24, 2.45) is 0 Å². The van der Waals surface area contributed by atoms with Crippen LogP contribution in [0.3, 0.4) is 0 Å². The van der Waals surface area contributed by atoms with Crippen LogP contribution in [-0.2, 0) is 0 Å². The molecule has 0 saturated carbocycles. The van der Waals surface area contributed by atoms with Gasteiger partial charge in [0.05, 0.1) is 11.7 Å². The number of benzene rings is 1. The highest BCUT2D eigenvalue weighted by atomic mass is 16.1. The molecule has 1 aromatic heterocycles. The fourth-order valence-corrected chi connectivity index (χ4v) is 1.58. The number of carbonyl (C=O) groups excluding carboxylic acids is 1. The molecule has 2 aromatic rings. The number of nitrogens with one attached hydrogen (secondary N) is 1. The number of aromatic nitrogens is 1. The maximum atomic E-state index is 11.9. The molecule has 0 aliphatic carbocycles. The first-order chi connectivity index (χ1) is 8.27. The van der Waals surface area contributed by atoms with Crippen LogP contribution in [0.15, 0.2) is 54.7 Å². The van der Waals surface area contributed by atoms with Gasteiger partial charge in [-0.2, -0.15) is 0 Å². The minimum atomic E-state index is -0.0936. The van der Waals surface area contributed by atoms with E-state index in [0.29, 0.717) is 5.56 Å². The van der Waals surface area contributed by atoms with E-state index in [2.05, 4.69) is 10.3 Å². The second-order valence-electron chi connectivity index (χ2n) is 3.82. The van der Waals surface area contributed by atoms with Gasteiger partial charge in [-0.15, -0.1) is 0 Å². The maximum Gasteiger partial charge on any atom is 0.251 e.